The number of carbonyl (C=O) groups excluding carboxylic acids is 2. The zero-order chi connectivity index (χ0) is 15.6. The minimum absolute atomic E-state index is 0.0280. The maximum Gasteiger partial charge on any atom is 0.326 e. The first-order valence-corrected chi connectivity index (χ1v) is 7.13. The summed E-state index contributed by atoms with van der Waals surface area (Å²) in [5.74, 6) is -1.41. The third kappa shape index (κ3) is 3.63. The van der Waals surface area contributed by atoms with Crippen molar-refractivity contribution < 1.29 is 24.6 Å². The van der Waals surface area contributed by atoms with Gasteiger partial charge in [0.15, 0.2) is 0 Å². The standard InChI is InChI=1S/C13H21N3O5/c14-11(18)4-2-9(12(19)20)15-13(21)16-5-7-1-3-10(17)8(7)6-16/h7-10,17H,1-6H2,(H2,14,18)(H,15,21)(H,19,20)/t7?,8?,9-,10?/m0/s1. The molecule has 1 aliphatic carbocycles. The van der Waals surface area contributed by atoms with Crippen LogP contribution >= 0.6 is 0 Å². The van der Waals surface area contributed by atoms with Gasteiger partial charge < -0.3 is 26.2 Å². The number of hydrogen-bond acceptors (Lipinski definition) is 4. The van der Waals surface area contributed by atoms with Gasteiger partial charge in [0.25, 0.3) is 0 Å². The minimum atomic E-state index is -1.19. The van der Waals surface area contributed by atoms with Gasteiger partial charge in [-0.15, -0.1) is 0 Å². The van der Waals surface area contributed by atoms with Gasteiger partial charge in [0, 0.05) is 25.4 Å². The Morgan fingerprint density at radius 2 is 2.00 bits per heavy atom. The molecular weight excluding hydrogens is 278 g/mol. The molecule has 2 aliphatic rings. The Labute approximate surface area is 122 Å². The zero-order valence-electron chi connectivity index (χ0n) is 11.7. The van der Waals surface area contributed by atoms with Gasteiger partial charge in [0.2, 0.25) is 5.91 Å². The van der Waals surface area contributed by atoms with Crippen LogP contribution in [0.25, 0.3) is 0 Å². The second-order valence-corrected chi connectivity index (χ2v) is 5.82. The van der Waals surface area contributed by atoms with E-state index in [0.29, 0.717) is 19.0 Å². The molecule has 118 valence electrons. The van der Waals surface area contributed by atoms with Gasteiger partial charge in [-0.3, -0.25) is 4.79 Å². The number of rotatable bonds is 5. The van der Waals surface area contributed by atoms with Crippen molar-refractivity contribution in [3.63, 3.8) is 0 Å². The molecular formula is C13H21N3O5. The quantitative estimate of drug-likeness (QED) is 0.523. The van der Waals surface area contributed by atoms with E-state index < -0.39 is 23.9 Å². The number of amides is 3. The van der Waals surface area contributed by atoms with E-state index in [9.17, 15) is 19.5 Å². The van der Waals surface area contributed by atoms with Gasteiger partial charge in [0.1, 0.15) is 6.04 Å². The summed E-state index contributed by atoms with van der Waals surface area (Å²) in [6.45, 7) is 0.982. The molecule has 3 unspecified atom stereocenters. The molecule has 8 nitrogen and oxygen atoms in total. The molecule has 3 amide bonds. The average molecular weight is 299 g/mol. The van der Waals surface area contributed by atoms with Gasteiger partial charge in [-0.05, 0) is 25.2 Å². The fraction of sp³-hybridized carbons (Fsp3) is 0.769. The van der Waals surface area contributed by atoms with Crippen LogP contribution in [0.5, 0.6) is 0 Å². The Balaban J connectivity index is 1.88. The molecule has 0 aromatic rings. The Bertz CT molecular complexity index is 442. The Kier molecular flexibility index (Phi) is 4.66. The third-order valence-electron chi connectivity index (χ3n) is 4.38. The molecule has 0 aromatic carbocycles. The van der Waals surface area contributed by atoms with Crippen molar-refractivity contribution in [2.45, 2.75) is 37.8 Å². The SMILES string of the molecule is NC(=O)CC[C@H](NC(=O)N1CC2CCC(O)C2C1)C(=O)O. The molecule has 5 N–H and O–H groups in total. The van der Waals surface area contributed by atoms with Gasteiger partial charge in [-0.2, -0.15) is 0 Å². The number of primary amides is 1. The number of aliphatic carboxylic acids is 1. The summed E-state index contributed by atoms with van der Waals surface area (Å²) in [5, 5.41) is 21.3. The topological polar surface area (TPSA) is 133 Å². The van der Waals surface area contributed by atoms with Crippen LogP contribution in [0, 0.1) is 11.8 Å². The maximum atomic E-state index is 12.1. The second kappa shape index (κ2) is 6.30. The monoisotopic (exact) mass is 299 g/mol. The predicted octanol–water partition coefficient (Wildman–Crippen LogP) is -0.883. The second-order valence-electron chi connectivity index (χ2n) is 5.82. The molecule has 1 aliphatic heterocycles. The Morgan fingerprint density at radius 1 is 1.29 bits per heavy atom. The van der Waals surface area contributed by atoms with Crippen LogP contribution in [0.4, 0.5) is 4.79 Å². The Hall–Kier alpha value is -1.83. The third-order valence-corrected chi connectivity index (χ3v) is 4.38. The minimum Gasteiger partial charge on any atom is -0.480 e. The molecule has 4 atom stereocenters. The van der Waals surface area contributed by atoms with Crippen molar-refractivity contribution in [2.75, 3.05) is 13.1 Å². The summed E-state index contributed by atoms with van der Waals surface area (Å²) >= 11 is 0. The molecule has 1 saturated carbocycles. The first kappa shape index (κ1) is 15.6. The highest BCUT2D eigenvalue weighted by atomic mass is 16.4. The van der Waals surface area contributed by atoms with Crippen molar-refractivity contribution in [1.82, 2.24) is 10.2 Å². The normalized spacial score (nSPS) is 29.0. The zero-order valence-corrected chi connectivity index (χ0v) is 11.7. The summed E-state index contributed by atoms with van der Waals surface area (Å²) in [7, 11) is 0. The van der Waals surface area contributed by atoms with Crippen molar-refractivity contribution in [2.24, 2.45) is 17.6 Å². The lowest BCUT2D eigenvalue weighted by Crippen LogP contribution is -2.48. The number of carbonyl (C=O) groups is 3. The summed E-state index contributed by atoms with van der Waals surface area (Å²) in [4.78, 5) is 35.4. The number of nitrogens with zero attached hydrogens (tertiary/aromatic N) is 1. The van der Waals surface area contributed by atoms with E-state index in [1.54, 1.807) is 0 Å². The van der Waals surface area contributed by atoms with Crippen molar-refractivity contribution in [3.8, 4) is 0 Å². The van der Waals surface area contributed by atoms with Crippen molar-refractivity contribution in [1.29, 1.82) is 0 Å². The number of fused-ring (bicyclic) bond motifs is 1. The molecule has 2 fully saturated rings. The number of nitrogens with one attached hydrogen (secondary N) is 1. The molecule has 1 saturated heterocycles. The lowest BCUT2D eigenvalue weighted by atomic mass is 10.00. The fourth-order valence-corrected chi connectivity index (χ4v) is 3.19. The van der Waals surface area contributed by atoms with Crippen LogP contribution < -0.4 is 11.1 Å². The average Bonchev–Trinajstić information content (AvgIpc) is 2.96. The van der Waals surface area contributed by atoms with Crippen LogP contribution in [0.1, 0.15) is 25.7 Å². The van der Waals surface area contributed by atoms with Crippen LogP contribution in [-0.4, -0.2) is 58.3 Å². The highest BCUT2D eigenvalue weighted by Crippen LogP contribution is 2.37. The molecule has 0 bridgehead atoms. The van der Waals surface area contributed by atoms with E-state index in [0.717, 1.165) is 12.8 Å². The molecule has 1 heterocycles. The molecule has 0 radical (unpaired) electrons. The number of carboxylic acids is 1. The van der Waals surface area contributed by atoms with E-state index >= 15 is 0 Å². The smallest absolute Gasteiger partial charge is 0.326 e. The number of hydrogen-bond donors (Lipinski definition) is 4. The van der Waals surface area contributed by atoms with Gasteiger partial charge >= 0.3 is 12.0 Å². The van der Waals surface area contributed by atoms with E-state index in [1.807, 2.05) is 0 Å². The van der Waals surface area contributed by atoms with Crippen LogP contribution in [-0.2, 0) is 9.59 Å². The first-order chi connectivity index (χ1) is 9.88. The number of aliphatic hydroxyl groups excluding tert-OH is 1. The summed E-state index contributed by atoms with van der Waals surface area (Å²) in [6.07, 6.45) is 1.15. The van der Waals surface area contributed by atoms with Crippen LogP contribution in [0.3, 0.4) is 0 Å². The van der Waals surface area contributed by atoms with E-state index in [-0.39, 0.29) is 24.9 Å². The largest absolute Gasteiger partial charge is 0.480 e. The molecule has 0 aromatic heterocycles. The lowest BCUT2D eigenvalue weighted by molar-refractivity contribution is -0.139. The highest BCUT2D eigenvalue weighted by molar-refractivity contribution is 5.83. The fourth-order valence-electron chi connectivity index (χ4n) is 3.19. The van der Waals surface area contributed by atoms with Crippen LogP contribution in [0.2, 0.25) is 0 Å². The van der Waals surface area contributed by atoms with Crippen LogP contribution in [0.15, 0.2) is 0 Å². The highest BCUT2D eigenvalue weighted by Gasteiger charge is 2.43. The van der Waals surface area contributed by atoms with Gasteiger partial charge in [-0.1, -0.05) is 0 Å². The molecule has 2 rings (SSSR count). The van der Waals surface area contributed by atoms with E-state index in [1.165, 1.54) is 4.90 Å². The number of urea groups is 1. The predicted molar refractivity (Wildman–Crippen MR) is 72.2 cm³/mol. The van der Waals surface area contributed by atoms with Gasteiger partial charge in [-0.25, -0.2) is 9.59 Å². The van der Waals surface area contributed by atoms with E-state index in [2.05, 4.69) is 5.32 Å². The summed E-state index contributed by atoms with van der Waals surface area (Å²) in [6, 6.07) is -1.59. The summed E-state index contributed by atoms with van der Waals surface area (Å²) in [5.41, 5.74) is 4.99. The van der Waals surface area contributed by atoms with E-state index in [4.69, 9.17) is 10.8 Å². The molecule has 8 heteroatoms. The number of carboxylic acid groups (broad SMARTS) is 1. The Morgan fingerprint density at radius 3 is 2.57 bits per heavy atom. The lowest BCUT2D eigenvalue weighted by Gasteiger charge is -2.22. The van der Waals surface area contributed by atoms with Gasteiger partial charge in [0.05, 0.1) is 6.10 Å². The molecule has 21 heavy (non-hydrogen) atoms. The summed E-state index contributed by atoms with van der Waals surface area (Å²) < 4.78 is 0. The number of aliphatic hydroxyl groups is 1. The first-order valence-electron chi connectivity index (χ1n) is 7.13. The van der Waals surface area contributed by atoms with Crippen molar-refractivity contribution >= 4 is 17.9 Å². The number of nitrogens with two attached hydrogens (primary N) is 1. The molecule has 0 spiro atoms. The maximum absolute atomic E-state index is 12.1. The number of likely N-dealkylation sites (tertiary alicyclic amines) is 1. The van der Waals surface area contributed by atoms with Crippen molar-refractivity contribution in [3.05, 3.63) is 0 Å².